The van der Waals surface area contributed by atoms with E-state index in [1.807, 2.05) is 0 Å². The van der Waals surface area contributed by atoms with Gasteiger partial charge in [0.25, 0.3) is 0 Å². The molecule has 14 heavy (non-hydrogen) atoms. The Morgan fingerprint density at radius 3 is 2.00 bits per heavy atom. The molecule has 0 aromatic carbocycles. The molecule has 0 spiro atoms. The minimum Gasteiger partial charge on any atom is -0.286 e. The van der Waals surface area contributed by atoms with Crippen LogP contribution in [0.3, 0.4) is 0 Å². The minimum atomic E-state index is -3.50. The van der Waals surface area contributed by atoms with E-state index in [0.29, 0.717) is 0 Å². The van der Waals surface area contributed by atoms with Crippen molar-refractivity contribution in [3.05, 3.63) is 25.3 Å². The van der Waals surface area contributed by atoms with Crippen molar-refractivity contribution in [2.75, 3.05) is 25.7 Å². The van der Waals surface area contributed by atoms with E-state index in [-0.39, 0.29) is 25.7 Å². The lowest BCUT2D eigenvalue weighted by Gasteiger charge is -2.15. The molecule has 0 aromatic heterocycles. The lowest BCUT2D eigenvalue weighted by Crippen LogP contribution is -2.02. The van der Waals surface area contributed by atoms with Crippen LogP contribution in [0.1, 0.15) is 0 Å². The van der Waals surface area contributed by atoms with Gasteiger partial charge in [-0.05, 0) is 0 Å². The SMILES string of the molecule is C=CCOP(=O)(OCC=C)OCCCl. The van der Waals surface area contributed by atoms with E-state index < -0.39 is 7.82 Å². The molecular formula is C8H14ClO4P. The van der Waals surface area contributed by atoms with Gasteiger partial charge in [-0.25, -0.2) is 4.57 Å². The molecule has 0 aromatic rings. The predicted molar refractivity (Wildman–Crippen MR) is 56.6 cm³/mol. The first-order chi connectivity index (χ1) is 6.68. The topological polar surface area (TPSA) is 44.8 Å². The number of hydrogen-bond donors (Lipinski definition) is 0. The molecule has 0 heterocycles. The van der Waals surface area contributed by atoms with Crippen molar-refractivity contribution in [2.24, 2.45) is 0 Å². The summed E-state index contributed by atoms with van der Waals surface area (Å²) in [6.45, 7) is 7.13. The van der Waals surface area contributed by atoms with Crippen LogP contribution in [0.5, 0.6) is 0 Å². The van der Waals surface area contributed by atoms with E-state index >= 15 is 0 Å². The molecule has 0 rings (SSSR count). The van der Waals surface area contributed by atoms with Crippen LogP contribution >= 0.6 is 19.4 Å². The summed E-state index contributed by atoms with van der Waals surface area (Å²) < 4.78 is 26.3. The number of phosphoric acid groups is 1. The van der Waals surface area contributed by atoms with Gasteiger partial charge >= 0.3 is 7.82 Å². The molecule has 0 unspecified atom stereocenters. The Labute approximate surface area is 89.1 Å². The summed E-state index contributed by atoms with van der Waals surface area (Å²) in [7, 11) is -3.50. The third-order valence-corrected chi connectivity index (χ3v) is 2.61. The number of alkyl halides is 1. The quantitative estimate of drug-likeness (QED) is 0.353. The molecule has 4 nitrogen and oxygen atoms in total. The van der Waals surface area contributed by atoms with Crippen LogP contribution in [-0.2, 0) is 18.1 Å². The Morgan fingerprint density at radius 1 is 1.14 bits per heavy atom. The fraction of sp³-hybridized carbons (Fsp3) is 0.500. The smallest absolute Gasteiger partial charge is 0.286 e. The molecule has 0 saturated carbocycles. The van der Waals surface area contributed by atoms with Crippen molar-refractivity contribution in [1.29, 1.82) is 0 Å². The van der Waals surface area contributed by atoms with Crippen molar-refractivity contribution in [3.8, 4) is 0 Å². The fourth-order valence-corrected chi connectivity index (χ4v) is 1.85. The predicted octanol–water partition coefficient (Wildman–Crippen LogP) is 2.76. The zero-order valence-electron chi connectivity index (χ0n) is 7.86. The summed E-state index contributed by atoms with van der Waals surface area (Å²) in [4.78, 5) is 0. The molecule has 0 aliphatic heterocycles. The van der Waals surface area contributed by atoms with Crippen LogP contribution in [0, 0.1) is 0 Å². The van der Waals surface area contributed by atoms with E-state index in [1.54, 1.807) is 0 Å². The van der Waals surface area contributed by atoms with E-state index in [4.69, 9.17) is 25.2 Å². The van der Waals surface area contributed by atoms with Gasteiger partial charge in [0.1, 0.15) is 0 Å². The van der Waals surface area contributed by atoms with Crippen LogP contribution in [0.25, 0.3) is 0 Å². The molecule has 0 N–H and O–H groups in total. The second-order valence-corrected chi connectivity index (χ2v) is 4.19. The highest BCUT2D eigenvalue weighted by Crippen LogP contribution is 2.49. The second-order valence-electron chi connectivity index (χ2n) is 2.14. The average Bonchev–Trinajstić information content (AvgIpc) is 2.21. The molecular weight excluding hydrogens is 227 g/mol. The molecule has 0 saturated heterocycles. The first-order valence-electron chi connectivity index (χ1n) is 4.00. The first-order valence-corrected chi connectivity index (χ1v) is 5.99. The first kappa shape index (κ1) is 13.9. The monoisotopic (exact) mass is 240 g/mol. The molecule has 0 radical (unpaired) electrons. The molecule has 0 atom stereocenters. The van der Waals surface area contributed by atoms with E-state index in [9.17, 15) is 4.57 Å². The molecule has 0 fully saturated rings. The molecule has 0 bridgehead atoms. The Hall–Kier alpha value is -0.120. The fourth-order valence-electron chi connectivity index (χ4n) is 0.546. The Morgan fingerprint density at radius 2 is 1.64 bits per heavy atom. The minimum absolute atomic E-state index is 0.0940. The highest BCUT2D eigenvalue weighted by Gasteiger charge is 2.25. The molecule has 0 aliphatic carbocycles. The van der Waals surface area contributed by atoms with E-state index in [1.165, 1.54) is 12.2 Å². The zero-order chi connectivity index (χ0) is 10.9. The third-order valence-electron chi connectivity index (χ3n) is 1.03. The lowest BCUT2D eigenvalue weighted by atomic mass is 10.7. The maximum Gasteiger partial charge on any atom is 0.475 e. The normalized spacial score (nSPS) is 11.2. The van der Waals surface area contributed by atoms with Crippen LogP contribution in [0.4, 0.5) is 0 Å². The highest BCUT2D eigenvalue weighted by atomic mass is 35.5. The van der Waals surface area contributed by atoms with Crippen molar-refractivity contribution in [2.45, 2.75) is 0 Å². The standard InChI is InChI=1S/C8H14ClO4P/c1-3-6-11-14(10,12-7-4-2)13-8-5-9/h3-4H,1-2,5-8H2. The Kier molecular flexibility index (Phi) is 8.14. The second kappa shape index (κ2) is 8.21. The van der Waals surface area contributed by atoms with Crippen molar-refractivity contribution < 1.29 is 18.1 Å². The van der Waals surface area contributed by atoms with Gasteiger partial charge in [-0.1, -0.05) is 12.2 Å². The van der Waals surface area contributed by atoms with Crippen molar-refractivity contribution >= 4 is 19.4 Å². The summed E-state index contributed by atoms with van der Waals surface area (Å²) in [5.74, 6) is 0.221. The van der Waals surface area contributed by atoms with Crippen LogP contribution < -0.4 is 0 Å². The average molecular weight is 241 g/mol. The summed E-state index contributed by atoms with van der Waals surface area (Å²) in [5.41, 5.74) is 0. The van der Waals surface area contributed by atoms with Gasteiger partial charge in [-0.2, -0.15) is 0 Å². The summed E-state index contributed by atoms with van der Waals surface area (Å²) >= 11 is 5.38. The number of rotatable bonds is 9. The Balaban J connectivity index is 4.09. The van der Waals surface area contributed by atoms with Crippen LogP contribution in [-0.4, -0.2) is 25.7 Å². The van der Waals surface area contributed by atoms with Gasteiger partial charge in [-0.15, -0.1) is 24.8 Å². The number of hydrogen-bond acceptors (Lipinski definition) is 4. The largest absolute Gasteiger partial charge is 0.475 e. The third kappa shape index (κ3) is 6.35. The van der Waals surface area contributed by atoms with E-state index in [0.717, 1.165) is 0 Å². The number of halogens is 1. The summed E-state index contributed by atoms with van der Waals surface area (Å²) in [6, 6.07) is 0. The summed E-state index contributed by atoms with van der Waals surface area (Å²) in [5, 5.41) is 0. The molecule has 0 amide bonds. The highest BCUT2D eigenvalue weighted by molar-refractivity contribution is 7.48. The lowest BCUT2D eigenvalue weighted by molar-refractivity contribution is 0.137. The van der Waals surface area contributed by atoms with Gasteiger partial charge in [0, 0.05) is 5.88 Å². The van der Waals surface area contributed by atoms with Crippen LogP contribution in [0.15, 0.2) is 25.3 Å². The van der Waals surface area contributed by atoms with Gasteiger partial charge in [0.05, 0.1) is 19.8 Å². The maximum atomic E-state index is 11.7. The summed E-state index contributed by atoms with van der Waals surface area (Å²) in [6.07, 6.45) is 2.90. The number of phosphoric ester groups is 1. The van der Waals surface area contributed by atoms with Crippen molar-refractivity contribution in [1.82, 2.24) is 0 Å². The van der Waals surface area contributed by atoms with Gasteiger partial charge in [-0.3, -0.25) is 13.6 Å². The molecule has 6 heteroatoms. The van der Waals surface area contributed by atoms with Gasteiger partial charge < -0.3 is 0 Å². The molecule has 0 aliphatic rings. The van der Waals surface area contributed by atoms with Crippen LogP contribution in [0.2, 0.25) is 0 Å². The Bertz CT molecular complexity index is 203. The van der Waals surface area contributed by atoms with E-state index in [2.05, 4.69) is 13.2 Å². The maximum absolute atomic E-state index is 11.7. The molecule has 82 valence electrons. The van der Waals surface area contributed by atoms with Crippen molar-refractivity contribution in [3.63, 3.8) is 0 Å². The van der Waals surface area contributed by atoms with Gasteiger partial charge in [0.15, 0.2) is 0 Å². The zero-order valence-corrected chi connectivity index (χ0v) is 9.51. The van der Waals surface area contributed by atoms with Gasteiger partial charge in [0.2, 0.25) is 0 Å².